The second-order valence-electron chi connectivity index (χ2n) is 2.55. The van der Waals surface area contributed by atoms with Crippen LogP contribution in [0.25, 0.3) is 0 Å². The first-order valence-corrected chi connectivity index (χ1v) is 3.87. The van der Waals surface area contributed by atoms with Gasteiger partial charge in [-0.1, -0.05) is 0 Å². The number of carbonyl (C=O) groups is 2. The molecule has 1 unspecified atom stereocenters. The molecule has 0 bridgehead atoms. The fraction of sp³-hybridized carbons (Fsp3) is 0.500. The molecule has 0 amide bonds. The number of esters is 1. The summed E-state index contributed by atoms with van der Waals surface area (Å²) in [6.07, 6.45) is 2.69. The topological polar surface area (TPSA) is 72.8 Å². The van der Waals surface area contributed by atoms with E-state index in [1.807, 2.05) is 0 Å². The fourth-order valence-electron chi connectivity index (χ4n) is 1.03. The third-order valence-electron chi connectivity index (χ3n) is 1.72. The van der Waals surface area contributed by atoms with Gasteiger partial charge in [-0.05, 0) is 13.0 Å². The van der Waals surface area contributed by atoms with E-state index in [-0.39, 0.29) is 13.0 Å². The van der Waals surface area contributed by atoms with E-state index in [0.29, 0.717) is 0 Å². The highest BCUT2D eigenvalue weighted by molar-refractivity contribution is 6.03. The lowest BCUT2D eigenvalue weighted by Gasteiger charge is -2.20. The van der Waals surface area contributed by atoms with Gasteiger partial charge in [-0.15, -0.1) is 0 Å². The molecule has 1 rings (SSSR count). The van der Waals surface area contributed by atoms with Crippen molar-refractivity contribution in [1.82, 2.24) is 0 Å². The van der Waals surface area contributed by atoms with Gasteiger partial charge >= 0.3 is 17.5 Å². The van der Waals surface area contributed by atoms with Crippen molar-refractivity contribution in [2.24, 2.45) is 0 Å². The Morgan fingerprint density at radius 1 is 1.69 bits per heavy atom. The Kier molecular flexibility index (Phi) is 2.55. The van der Waals surface area contributed by atoms with E-state index in [1.54, 1.807) is 6.92 Å². The quantitative estimate of drug-likeness (QED) is 0.507. The van der Waals surface area contributed by atoms with Crippen molar-refractivity contribution in [3.05, 3.63) is 12.3 Å². The SMILES string of the molecule is CCOC(=O)C1(C(=O)O)CC=CO1. The average Bonchev–Trinajstić information content (AvgIpc) is 2.53. The van der Waals surface area contributed by atoms with Crippen LogP contribution in [-0.2, 0) is 19.1 Å². The molecule has 0 saturated heterocycles. The molecule has 0 radical (unpaired) electrons. The van der Waals surface area contributed by atoms with E-state index < -0.39 is 17.5 Å². The molecule has 0 aliphatic carbocycles. The third-order valence-corrected chi connectivity index (χ3v) is 1.72. The maximum Gasteiger partial charge on any atom is 0.362 e. The lowest BCUT2D eigenvalue weighted by atomic mass is 10.0. The molecule has 0 aromatic carbocycles. The molecular formula is C8H10O5. The predicted molar refractivity (Wildman–Crippen MR) is 41.8 cm³/mol. The monoisotopic (exact) mass is 186 g/mol. The van der Waals surface area contributed by atoms with Crippen molar-refractivity contribution in [1.29, 1.82) is 0 Å². The summed E-state index contributed by atoms with van der Waals surface area (Å²) in [6.45, 7) is 1.74. The molecule has 72 valence electrons. The van der Waals surface area contributed by atoms with Crippen molar-refractivity contribution in [3.8, 4) is 0 Å². The molecule has 5 nitrogen and oxygen atoms in total. The van der Waals surface area contributed by atoms with Crippen LogP contribution < -0.4 is 0 Å². The number of carboxylic acids is 1. The zero-order chi connectivity index (χ0) is 9.90. The highest BCUT2D eigenvalue weighted by atomic mass is 16.6. The molecule has 1 aliphatic rings. The summed E-state index contributed by atoms with van der Waals surface area (Å²) in [6, 6.07) is 0. The van der Waals surface area contributed by atoms with E-state index in [4.69, 9.17) is 9.84 Å². The van der Waals surface area contributed by atoms with Gasteiger partial charge in [0.15, 0.2) is 0 Å². The van der Waals surface area contributed by atoms with Crippen LogP contribution in [-0.4, -0.2) is 29.3 Å². The van der Waals surface area contributed by atoms with Gasteiger partial charge in [0, 0.05) is 6.42 Å². The first-order chi connectivity index (χ1) is 6.13. The van der Waals surface area contributed by atoms with Crippen LogP contribution in [0, 0.1) is 0 Å². The standard InChI is InChI=1S/C8H10O5/c1-2-12-7(11)8(6(9)10)4-3-5-13-8/h3,5H,2,4H2,1H3,(H,9,10). The molecule has 13 heavy (non-hydrogen) atoms. The van der Waals surface area contributed by atoms with Crippen LogP contribution in [0.2, 0.25) is 0 Å². The fourth-order valence-corrected chi connectivity index (χ4v) is 1.03. The van der Waals surface area contributed by atoms with E-state index >= 15 is 0 Å². The van der Waals surface area contributed by atoms with Gasteiger partial charge in [-0.25, -0.2) is 9.59 Å². The Balaban J connectivity index is 2.80. The Morgan fingerprint density at radius 2 is 2.38 bits per heavy atom. The highest BCUT2D eigenvalue weighted by Crippen LogP contribution is 2.25. The number of hydrogen-bond acceptors (Lipinski definition) is 4. The molecule has 0 aromatic rings. The summed E-state index contributed by atoms with van der Waals surface area (Å²) in [5.41, 5.74) is -1.85. The third kappa shape index (κ3) is 1.49. The average molecular weight is 186 g/mol. The predicted octanol–water partition coefficient (Wildman–Crippen LogP) is 0.307. The minimum absolute atomic E-state index is 0.0150. The maximum atomic E-state index is 11.2. The van der Waals surface area contributed by atoms with Gasteiger partial charge in [0.1, 0.15) is 0 Å². The van der Waals surface area contributed by atoms with E-state index in [2.05, 4.69) is 4.74 Å². The minimum atomic E-state index is -1.85. The van der Waals surface area contributed by atoms with Crippen LogP contribution >= 0.6 is 0 Å². The zero-order valence-corrected chi connectivity index (χ0v) is 7.15. The van der Waals surface area contributed by atoms with Gasteiger partial charge in [-0.2, -0.15) is 0 Å². The molecule has 1 atom stereocenters. The molecular weight excluding hydrogens is 176 g/mol. The molecule has 1 heterocycles. The van der Waals surface area contributed by atoms with Crippen molar-refractivity contribution < 1.29 is 24.2 Å². The summed E-state index contributed by atoms with van der Waals surface area (Å²) >= 11 is 0. The molecule has 1 N–H and O–H groups in total. The number of aliphatic carboxylic acids is 1. The van der Waals surface area contributed by atoms with Gasteiger partial charge < -0.3 is 14.6 Å². The van der Waals surface area contributed by atoms with Crippen LogP contribution in [0.1, 0.15) is 13.3 Å². The van der Waals surface area contributed by atoms with Crippen LogP contribution in [0.15, 0.2) is 12.3 Å². The number of ether oxygens (including phenoxy) is 2. The first-order valence-electron chi connectivity index (χ1n) is 3.87. The summed E-state index contributed by atoms with van der Waals surface area (Å²) < 4.78 is 9.37. The second-order valence-corrected chi connectivity index (χ2v) is 2.55. The Labute approximate surface area is 74.9 Å². The van der Waals surface area contributed by atoms with Crippen molar-refractivity contribution in [2.45, 2.75) is 18.9 Å². The number of rotatable bonds is 3. The van der Waals surface area contributed by atoms with E-state index in [1.165, 1.54) is 12.3 Å². The normalized spacial score (nSPS) is 25.3. The summed E-state index contributed by atoms with van der Waals surface area (Å²) in [4.78, 5) is 22.0. The maximum absolute atomic E-state index is 11.2. The van der Waals surface area contributed by atoms with Crippen LogP contribution in [0.5, 0.6) is 0 Å². The summed E-state index contributed by atoms with van der Waals surface area (Å²) in [5, 5.41) is 8.79. The molecule has 0 spiro atoms. The van der Waals surface area contributed by atoms with E-state index in [0.717, 1.165) is 0 Å². The van der Waals surface area contributed by atoms with Gasteiger partial charge in [0.2, 0.25) is 0 Å². The van der Waals surface area contributed by atoms with Gasteiger partial charge in [0.25, 0.3) is 0 Å². The Morgan fingerprint density at radius 3 is 2.77 bits per heavy atom. The Bertz CT molecular complexity index is 247. The summed E-state index contributed by atoms with van der Waals surface area (Å²) in [7, 11) is 0. The van der Waals surface area contributed by atoms with Crippen molar-refractivity contribution >= 4 is 11.9 Å². The van der Waals surface area contributed by atoms with Crippen molar-refractivity contribution in [2.75, 3.05) is 6.61 Å². The second kappa shape index (κ2) is 3.47. The molecule has 0 saturated carbocycles. The van der Waals surface area contributed by atoms with Crippen LogP contribution in [0.3, 0.4) is 0 Å². The minimum Gasteiger partial charge on any atom is -0.478 e. The lowest BCUT2D eigenvalue weighted by Crippen LogP contribution is -2.47. The molecule has 0 fully saturated rings. The molecule has 0 aromatic heterocycles. The molecule has 5 heteroatoms. The highest BCUT2D eigenvalue weighted by Gasteiger charge is 2.51. The number of carboxylic acid groups (broad SMARTS) is 1. The molecule has 1 aliphatic heterocycles. The number of hydrogen-bond donors (Lipinski definition) is 1. The van der Waals surface area contributed by atoms with E-state index in [9.17, 15) is 9.59 Å². The van der Waals surface area contributed by atoms with Crippen molar-refractivity contribution in [3.63, 3.8) is 0 Å². The lowest BCUT2D eigenvalue weighted by molar-refractivity contribution is -0.178. The number of carbonyl (C=O) groups excluding carboxylic acids is 1. The Hall–Kier alpha value is -1.52. The van der Waals surface area contributed by atoms with Gasteiger partial charge in [-0.3, -0.25) is 0 Å². The zero-order valence-electron chi connectivity index (χ0n) is 7.15. The smallest absolute Gasteiger partial charge is 0.362 e. The first kappa shape index (κ1) is 9.57. The summed E-state index contributed by atoms with van der Waals surface area (Å²) in [5.74, 6) is -2.18. The largest absolute Gasteiger partial charge is 0.478 e. The van der Waals surface area contributed by atoms with Gasteiger partial charge in [0.05, 0.1) is 12.9 Å². The van der Waals surface area contributed by atoms with Crippen LogP contribution in [0.4, 0.5) is 0 Å².